The number of para-hydroxylation sites is 2. The van der Waals surface area contributed by atoms with E-state index in [0.717, 1.165) is 29.8 Å². The number of nitrogen functional groups attached to an aromatic ring is 1. The Morgan fingerprint density at radius 1 is 1.13 bits per heavy atom. The number of nitrogens with zero attached hydrogens (tertiary/aromatic N) is 4. The van der Waals surface area contributed by atoms with Gasteiger partial charge in [0.2, 0.25) is 0 Å². The molecule has 1 aliphatic rings. The third kappa shape index (κ3) is 3.43. The molecule has 0 spiro atoms. The highest BCUT2D eigenvalue weighted by Crippen LogP contribution is 2.26. The Bertz CT molecular complexity index is 1190. The molecule has 0 saturated carbocycles. The molecule has 3 heterocycles. The van der Waals surface area contributed by atoms with E-state index in [1.807, 2.05) is 54.6 Å². The minimum Gasteiger partial charge on any atom is -0.382 e. The van der Waals surface area contributed by atoms with Crippen LogP contribution in [0.1, 0.15) is 21.1 Å². The number of nitrogens with two attached hydrogens (primary N) is 1. The molecule has 1 aliphatic heterocycles. The van der Waals surface area contributed by atoms with Gasteiger partial charge in [-0.25, -0.2) is 15.0 Å². The SMILES string of the molecule is Nc1ncc(N2CC[C@H](NC(=O)c3ccccc3)C2)nc1-c1nc2ccccc2[nH]1.[HH].[HH].[HH]. The van der Waals surface area contributed by atoms with Crippen LogP contribution in [0, 0.1) is 0 Å². The molecule has 8 heteroatoms. The first kappa shape index (κ1) is 18.1. The summed E-state index contributed by atoms with van der Waals surface area (Å²) in [5.74, 6) is 1.58. The summed E-state index contributed by atoms with van der Waals surface area (Å²) in [5.41, 5.74) is 9.05. The molecular formula is C22H27N7O. The number of hydrogen-bond donors (Lipinski definition) is 3. The van der Waals surface area contributed by atoms with Crippen LogP contribution in [-0.2, 0) is 0 Å². The Morgan fingerprint density at radius 3 is 2.77 bits per heavy atom. The van der Waals surface area contributed by atoms with E-state index >= 15 is 0 Å². The van der Waals surface area contributed by atoms with E-state index in [9.17, 15) is 4.79 Å². The Labute approximate surface area is 177 Å². The molecule has 5 rings (SSSR count). The lowest BCUT2D eigenvalue weighted by molar-refractivity contribution is 0.0940. The summed E-state index contributed by atoms with van der Waals surface area (Å²) in [6.45, 7) is 1.44. The molecule has 1 amide bonds. The van der Waals surface area contributed by atoms with Crippen LogP contribution in [0.2, 0.25) is 0 Å². The molecule has 1 atom stereocenters. The Balaban J connectivity index is 0.00000128. The standard InChI is InChI=1S/C22H21N7O.3H2/c23-20-19(21-26-16-8-4-5-9-17(16)27-21)28-18(12-24-20)29-11-10-15(13-29)25-22(30)14-6-2-1-3-7-14;;;/h1-9,12,15H,10-11,13H2,(H2,23,24)(H,25,30)(H,26,27);3*1H/t15-;;;/m0.../s1. The van der Waals surface area contributed by atoms with E-state index in [-0.39, 0.29) is 16.2 Å². The number of aromatic nitrogens is 4. The predicted molar refractivity (Wildman–Crippen MR) is 122 cm³/mol. The number of amides is 1. The van der Waals surface area contributed by atoms with Crippen molar-refractivity contribution in [1.82, 2.24) is 25.3 Å². The number of nitrogens with one attached hydrogen (secondary N) is 2. The van der Waals surface area contributed by atoms with Crippen molar-refractivity contribution in [2.75, 3.05) is 23.7 Å². The lowest BCUT2D eigenvalue weighted by atomic mass is 10.2. The van der Waals surface area contributed by atoms with Gasteiger partial charge in [0.1, 0.15) is 5.82 Å². The smallest absolute Gasteiger partial charge is 0.251 e. The summed E-state index contributed by atoms with van der Waals surface area (Å²) < 4.78 is 0. The van der Waals surface area contributed by atoms with Crippen LogP contribution in [0.5, 0.6) is 0 Å². The molecule has 30 heavy (non-hydrogen) atoms. The summed E-state index contributed by atoms with van der Waals surface area (Å²) in [4.78, 5) is 31.4. The molecule has 0 unspecified atom stereocenters. The van der Waals surface area contributed by atoms with Crippen molar-refractivity contribution in [2.24, 2.45) is 0 Å². The first-order valence-electron chi connectivity index (χ1n) is 9.86. The fourth-order valence-corrected chi connectivity index (χ4v) is 3.73. The van der Waals surface area contributed by atoms with Gasteiger partial charge in [-0.05, 0) is 30.7 Å². The van der Waals surface area contributed by atoms with Crippen LogP contribution in [-0.4, -0.2) is 45.0 Å². The number of anilines is 2. The van der Waals surface area contributed by atoms with E-state index < -0.39 is 0 Å². The number of carbonyl (C=O) groups excluding carboxylic acids is 1. The van der Waals surface area contributed by atoms with Crippen molar-refractivity contribution in [1.29, 1.82) is 0 Å². The second kappa shape index (κ2) is 7.47. The van der Waals surface area contributed by atoms with Crippen molar-refractivity contribution < 1.29 is 9.07 Å². The molecule has 8 nitrogen and oxygen atoms in total. The fraction of sp³-hybridized carbons (Fsp3) is 0.182. The number of fused-ring (bicyclic) bond motifs is 1. The topological polar surface area (TPSA) is 113 Å². The van der Waals surface area contributed by atoms with E-state index in [1.54, 1.807) is 6.20 Å². The molecule has 2 aromatic carbocycles. The highest BCUT2D eigenvalue weighted by Gasteiger charge is 2.26. The number of carbonyl (C=O) groups is 1. The zero-order valence-electron chi connectivity index (χ0n) is 16.2. The number of hydrogen-bond acceptors (Lipinski definition) is 6. The van der Waals surface area contributed by atoms with Gasteiger partial charge in [0, 0.05) is 29.0 Å². The zero-order valence-corrected chi connectivity index (χ0v) is 16.2. The lowest BCUT2D eigenvalue weighted by Gasteiger charge is -2.18. The molecule has 0 aliphatic carbocycles. The first-order chi connectivity index (χ1) is 14.7. The molecule has 2 aromatic heterocycles. The molecular weight excluding hydrogens is 378 g/mol. The predicted octanol–water partition coefficient (Wildman–Crippen LogP) is 3.35. The van der Waals surface area contributed by atoms with Gasteiger partial charge in [0.05, 0.1) is 17.2 Å². The monoisotopic (exact) mass is 405 g/mol. The zero-order chi connectivity index (χ0) is 20.5. The van der Waals surface area contributed by atoms with Crippen LogP contribution in [0.25, 0.3) is 22.6 Å². The van der Waals surface area contributed by atoms with Gasteiger partial charge < -0.3 is 20.9 Å². The minimum atomic E-state index is -0.0613. The second-order valence-corrected chi connectivity index (χ2v) is 7.34. The normalized spacial score (nSPS) is 16.1. The fourth-order valence-electron chi connectivity index (χ4n) is 3.73. The number of imidazole rings is 1. The molecule has 0 radical (unpaired) electrons. The average molecular weight is 406 g/mol. The Kier molecular flexibility index (Phi) is 4.51. The summed E-state index contributed by atoms with van der Waals surface area (Å²) in [6, 6.07) is 17.1. The minimum absolute atomic E-state index is 0. The summed E-state index contributed by atoms with van der Waals surface area (Å²) >= 11 is 0. The van der Waals surface area contributed by atoms with Crippen molar-refractivity contribution >= 4 is 28.6 Å². The second-order valence-electron chi connectivity index (χ2n) is 7.34. The third-order valence-corrected chi connectivity index (χ3v) is 5.29. The molecule has 4 N–H and O–H groups in total. The van der Waals surface area contributed by atoms with Crippen molar-refractivity contribution in [3.63, 3.8) is 0 Å². The molecule has 0 bridgehead atoms. The van der Waals surface area contributed by atoms with Gasteiger partial charge >= 0.3 is 0 Å². The summed E-state index contributed by atoms with van der Waals surface area (Å²) in [7, 11) is 0. The number of aromatic amines is 1. The van der Waals surface area contributed by atoms with E-state index in [2.05, 4.69) is 25.2 Å². The van der Waals surface area contributed by atoms with Gasteiger partial charge in [0.15, 0.2) is 17.3 Å². The van der Waals surface area contributed by atoms with Gasteiger partial charge in [-0.3, -0.25) is 4.79 Å². The van der Waals surface area contributed by atoms with Crippen molar-refractivity contribution in [3.05, 3.63) is 66.4 Å². The van der Waals surface area contributed by atoms with Crippen LogP contribution in [0.15, 0.2) is 60.8 Å². The highest BCUT2D eigenvalue weighted by atomic mass is 16.1. The van der Waals surface area contributed by atoms with E-state index in [0.29, 0.717) is 29.4 Å². The van der Waals surface area contributed by atoms with Crippen molar-refractivity contribution in [3.8, 4) is 11.5 Å². The maximum absolute atomic E-state index is 12.4. The largest absolute Gasteiger partial charge is 0.382 e. The third-order valence-electron chi connectivity index (χ3n) is 5.29. The highest BCUT2D eigenvalue weighted by molar-refractivity contribution is 5.94. The van der Waals surface area contributed by atoms with Crippen LogP contribution in [0.3, 0.4) is 0 Å². The van der Waals surface area contributed by atoms with Crippen LogP contribution < -0.4 is 16.0 Å². The van der Waals surface area contributed by atoms with Crippen molar-refractivity contribution in [2.45, 2.75) is 12.5 Å². The van der Waals surface area contributed by atoms with E-state index in [1.165, 1.54) is 0 Å². The molecule has 156 valence electrons. The Morgan fingerprint density at radius 2 is 1.93 bits per heavy atom. The first-order valence-corrected chi connectivity index (χ1v) is 9.86. The quantitative estimate of drug-likeness (QED) is 0.480. The van der Waals surface area contributed by atoms with E-state index in [4.69, 9.17) is 10.7 Å². The molecule has 4 aromatic rings. The molecule has 1 fully saturated rings. The number of H-pyrrole nitrogens is 1. The molecule has 1 saturated heterocycles. The number of benzene rings is 2. The summed E-state index contributed by atoms with van der Waals surface area (Å²) in [5, 5.41) is 3.10. The van der Waals surface area contributed by atoms with Gasteiger partial charge in [0.25, 0.3) is 5.91 Å². The Hall–Kier alpha value is -3.94. The lowest BCUT2D eigenvalue weighted by Crippen LogP contribution is -2.37. The van der Waals surface area contributed by atoms with Gasteiger partial charge in [-0.1, -0.05) is 30.3 Å². The summed E-state index contributed by atoms with van der Waals surface area (Å²) in [6.07, 6.45) is 2.51. The number of rotatable bonds is 4. The average Bonchev–Trinajstić information content (AvgIpc) is 3.41. The van der Waals surface area contributed by atoms with Crippen LogP contribution >= 0.6 is 0 Å². The maximum atomic E-state index is 12.4. The van der Waals surface area contributed by atoms with Gasteiger partial charge in [-0.15, -0.1) is 0 Å². The maximum Gasteiger partial charge on any atom is 0.251 e. The van der Waals surface area contributed by atoms with Crippen LogP contribution in [0.4, 0.5) is 11.6 Å². The van der Waals surface area contributed by atoms with Gasteiger partial charge in [-0.2, -0.15) is 0 Å².